The maximum atomic E-state index is 12.9. The zero-order valence-corrected chi connectivity index (χ0v) is 18.4. The summed E-state index contributed by atoms with van der Waals surface area (Å²) in [7, 11) is -3.90. The van der Waals surface area contributed by atoms with Gasteiger partial charge in [-0.25, -0.2) is 20.1 Å². The fraction of sp³-hybridized carbons (Fsp3) is 0.316. The van der Waals surface area contributed by atoms with Crippen LogP contribution >= 0.6 is 11.3 Å². The summed E-state index contributed by atoms with van der Waals surface area (Å²) < 4.78 is 64.4. The van der Waals surface area contributed by atoms with E-state index in [0.29, 0.717) is 23.5 Å². The molecule has 0 aliphatic heterocycles. The van der Waals surface area contributed by atoms with E-state index in [1.807, 2.05) is 13.0 Å². The molecule has 0 bridgehead atoms. The minimum Gasteiger partial charge on any atom is -0.324 e. The number of thiazole rings is 1. The van der Waals surface area contributed by atoms with Crippen molar-refractivity contribution in [1.29, 1.82) is 0 Å². The Morgan fingerprint density at radius 3 is 2.56 bits per heavy atom. The van der Waals surface area contributed by atoms with E-state index in [-0.39, 0.29) is 5.95 Å². The van der Waals surface area contributed by atoms with Crippen LogP contribution in [-0.2, 0) is 21.9 Å². The Balaban J connectivity index is 1.62. The van der Waals surface area contributed by atoms with Crippen LogP contribution in [0.15, 0.2) is 36.7 Å². The zero-order chi connectivity index (χ0) is 23.1. The predicted octanol–water partition coefficient (Wildman–Crippen LogP) is 3.84. The first-order valence-corrected chi connectivity index (χ1v) is 11.9. The van der Waals surface area contributed by atoms with Crippen molar-refractivity contribution in [3.63, 3.8) is 0 Å². The standard InChI is InChI=1S/C19H19F3N6O2S2/c1-11-7-12(9-13(8-11)26-17-24-6-3-15(27-17)19(20,21)22)14-10-25-16(31-14)18(4-2-5-18)28-32(23,29)30/h3,6-10,28H,2,4-5H2,1H3,(H2,23,29,30)(H,24,26,27). The van der Waals surface area contributed by atoms with Crippen molar-refractivity contribution >= 4 is 33.2 Å². The summed E-state index contributed by atoms with van der Waals surface area (Å²) in [6.07, 6.45) is 0.171. The van der Waals surface area contributed by atoms with Gasteiger partial charge >= 0.3 is 6.18 Å². The van der Waals surface area contributed by atoms with Crippen LogP contribution < -0.4 is 15.2 Å². The van der Waals surface area contributed by atoms with Crippen LogP contribution in [0.25, 0.3) is 10.4 Å². The minimum atomic E-state index is -4.57. The molecule has 0 saturated heterocycles. The SMILES string of the molecule is Cc1cc(Nc2nccc(C(F)(F)F)n2)cc(-c2cnc(C3(NS(N)(=O)=O)CCC3)s2)c1. The van der Waals surface area contributed by atoms with Gasteiger partial charge in [0.05, 0.1) is 10.4 Å². The summed E-state index contributed by atoms with van der Waals surface area (Å²) >= 11 is 1.34. The average Bonchev–Trinajstić information content (AvgIpc) is 3.13. The highest BCUT2D eigenvalue weighted by atomic mass is 32.2. The van der Waals surface area contributed by atoms with E-state index in [2.05, 4.69) is 25.0 Å². The number of nitrogens with one attached hydrogen (secondary N) is 2. The third-order valence-corrected chi connectivity index (χ3v) is 6.95. The van der Waals surface area contributed by atoms with Crippen molar-refractivity contribution in [1.82, 2.24) is 19.7 Å². The summed E-state index contributed by atoms with van der Waals surface area (Å²) in [6.45, 7) is 1.85. The van der Waals surface area contributed by atoms with Crippen molar-refractivity contribution in [2.45, 2.75) is 37.9 Å². The number of nitrogens with two attached hydrogens (primary N) is 1. The number of alkyl halides is 3. The second-order valence-electron chi connectivity index (χ2n) is 7.59. The highest BCUT2D eigenvalue weighted by molar-refractivity contribution is 7.87. The number of anilines is 2. The Hall–Kier alpha value is -2.61. The number of halogens is 3. The first-order chi connectivity index (χ1) is 14.9. The highest BCUT2D eigenvalue weighted by Gasteiger charge is 2.44. The molecule has 4 N–H and O–H groups in total. The maximum Gasteiger partial charge on any atom is 0.433 e. The molecule has 0 spiro atoms. The van der Waals surface area contributed by atoms with E-state index in [1.165, 1.54) is 11.3 Å². The molecule has 8 nitrogen and oxygen atoms in total. The molecule has 0 atom stereocenters. The van der Waals surface area contributed by atoms with E-state index in [0.717, 1.165) is 34.7 Å². The van der Waals surface area contributed by atoms with Crippen molar-refractivity contribution in [2.75, 3.05) is 5.32 Å². The maximum absolute atomic E-state index is 12.9. The quantitative estimate of drug-likeness (QED) is 0.489. The summed E-state index contributed by atoms with van der Waals surface area (Å²) in [5.74, 6) is -0.174. The molecule has 1 aliphatic rings. The molecule has 4 rings (SSSR count). The third-order valence-electron chi connectivity index (χ3n) is 5.02. The molecule has 13 heteroatoms. The molecule has 3 aromatic rings. The van der Waals surface area contributed by atoms with E-state index >= 15 is 0 Å². The normalized spacial score (nSPS) is 15.9. The summed E-state index contributed by atoms with van der Waals surface area (Å²) in [4.78, 5) is 12.6. The van der Waals surface area contributed by atoms with Gasteiger partial charge in [0.2, 0.25) is 5.95 Å². The lowest BCUT2D eigenvalue weighted by atomic mass is 9.78. The smallest absolute Gasteiger partial charge is 0.324 e. The van der Waals surface area contributed by atoms with Gasteiger partial charge in [-0.05, 0) is 55.5 Å². The van der Waals surface area contributed by atoms with Crippen LogP contribution in [0.3, 0.4) is 0 Å². The van der Waals surface area contributed by atoms with Gasteiger partial charge < -0.3 is 5.32 Å². The van der Waals surface area contributed by atoms with Gasteiger partial charge in [-0.2, -0.15) is 26.3 Å². The predicted molar refractivity (Wildman–Crippen MR) is 114 cm³/mol. The lowest BCUT2D eigenvalue weighted by Gasteiger charge is -2.39. The Bertz CT molecular complexity index is 1260. The molecule has 2 aromatic heterocycles. The van der Waals surface area contributed by atoms with Crippen LogP contribution in [0.1, 0.15) is 35.5 Å². The second kappa shape index (κ2) is 8.06. The van der Waals surface area contributed by atoms with Gasteiger partial charge in [0, 0.05) is 18.1 Å². The largest absolute Gasteiger partial charge is 0.433 e. The Morgan fingerprint density at radius 1 is 1.19 bits per heavy atom. The second-order valence-corrected chi connectivity index (χ2v) is 9.91. The third kappa shape index (κ3) is 4.90. The van der Waals surface area contributed by atoms with Crippen molar-refractivity contribution in [2.24, 2.45) is 5.14 Å². The fourth-order valence-electron chi connectivity index (χ4n) is 3.49. The zero-order valence-electron chi connectivity index (χ0n) is 16.8. The van der Waals surface area contributed by atoms with E-state index in [1.54, 1.807) is 18.3 Å². The first kappa shape index (κ1) is 22.6. The number of rotatable bonds is 6. The molecule has 1 aliphatic carbocycles. The number of aromatic nitrogens is 3. The van der Waals surface area contributed by atoms with E-state index in [4.69, 9.17) is 5.14 Å². The van der Waals surface area contributed by atoms with Crippen molar-refractivity contribution < 1.29 is 21.6 Å². The summed E-state index contributed by atoms with van der Waals surface area (Å²) in [5.41, 5.74) is 0.299. The Kier molecular flexibility index (Phi) is 5.69. The lowest BCUT2D eigenvalue weighted by Crippen LogP contribution is -2.52. The van der Waals surface area contributed by atoms with Crippen LogP contribution in [0.4, 0.5) is 24.8 Å². The lowest BCUT2D eigenvalue weighted by molar-refractivity contribution is -0.141. The van der Waals surface area contributed by atoms with Gasteiger partial charge in [0.1, 0.15) is 10.7 Å². The molecule has 32 heavy (non-hydrogen) atoms. The molecule has 1 saturated carbocycles. The molecule has 1 aromatic carbocycles. The number of hydrogen-bond acceptors (Lipinski definition) is 7. The molecule has 1 fully saturated rings. The van der Waals surface area contributed by atoms with Gasteiger partial charge in [0.25, 0.3) is 10.2 Å². The number of nitrogens with zero attached hydrogens (tertiary/aromatic N) is 3. The van der Waals surface area contributed by atoms with E-state index in [9.17, 15) is 21.6 Å². The number of benzene rings is 1. The van der Waals surface area contributed by atoms with Crippen LogP contribution in [0.5, 0.6) is 0 Å². The topological polar surface area (TPSA) is 123 Å². The van der Waals surface area contributed by atoms with Crippen molar-refractivity contribution in [3.05, 3.63) is 52.9 Å². The van der Waals surface area contributed by atoms with Gasteiger partial charge in [-0.3, -0.25) is 0 Å². The Morgan fingerprint density at radius 2 is 1.94 bits per heavy atom. The molecule has 170 valence electrons. The Labute approximate surface area is 186 Å². The monoisotopic (exact) mass is 484 g/mol. The van der Waals surface area contributed by atoms with Crippen LogP contribution in [-0.4, -0.2) is 23.4 Å². The summed E-state index contributed by atoms with van der Waals surface area (Å²) in [6, 6.07) is 6.20. The first-order valence-electron chi connectivity index (χ1n) is 9.51. The molecule has 0 amide bonds. The summed E-state index contributed by atoms with van der Waals surface area (Å²) in [5, 5.41) is 8.61. The molecule has 0 unspecified atom stereocenters. The molecular weight excluding hydrogens is 465 g/mol. The average molecular weight is 485 g/mol. The van der Waals surface area contributed by atoms with Gasteiger partial charge in [-0.15, -0.1) is 11.3 Å². The van der Waals surface area contributed by atoms with Crippen LogP contribution in [0, 0.1) is 6.92 Å². The van der Waals surface area contributed by atoms with Crippen LogP contribution in [0.2, 0.25) is 0 Å². The molecule has 2 heterocycles. The van der Waals surface area contributed by atoms with Gasteiger partial charge in [0.15, 0.2) is 0 Å². The number of aryl methyl sites for hydroxylation is 1. The molecular formula is C19H19F3N6O2S2. The van der Waals surface area contributed by atoms with Gasteiger partial charge in [-0.1, -0.05) is 6.07 Å². The van der Waals surface area contributed by atoms with E-state index < -0.39 is 27.6 Å². The number of hydrogen-bond donors (Lipinski definition) is 3. The highest BCUT2D eigenvalue weighted by Crippen LogP contribution is 2.45. The minimum absolute atomic E-state index is 0.174. The fourth-order valence-corrected chi connectivity index (χ4v) is 5.51. The molecule has 0 radical (unpaired) electrons. The van der Waals surface area contributed by atoms with Crippen molar-refractivity contribution in [3.8, 4) is 10.4 Å².